The van der Waals surface area contributed by atoms with Gasteiger partial charge in [0.05, 0.1) is 15.5 Å². The lowest BCUT2D eigenvalue weighted by Crippen LogP contribution is -1.95. The third kappa shape index (κ3) is 1.42. The molecule has 0 amide bonds. The van der Waals surface area contributed by atoms with Gasteiger partial charge in [-0.1, -0.05) is 0 Å². The van der Waals surface area contributed by atoms with Gasteiger partial charge in [0.25, 0.3) is 0 Å². The van der Waals surface area contributed by atoms with Gasteiger partial charge < -0.3 is 4.98 Å². The third-order valence-electron chi connectivity index (χ3n) is 2.23. The number of aromatic amines is 1. The Morgan fingerprint density at radius 3 is 3.00 bits per heavy atom. The van der Waals surface area contributed by atoms with E-state index in [4.69, 9.17) is 0 Å². The molecule has 0 aliphatic carbocycles. The molecule has 0 saturated carbocycles. The molecule has 2 aromatic heterocycles. The number of aromatic nitrogens is 4. The summed E-state index contributed by atoms with van der Waals surface area (Å²) in [5, 5.41) is 4.04. The molecule has 0 unspecified atom stereocenters. The molecule has 2 heterocycles. The Balaban J connectivity index is 2.23. The lowest BCUT2D eigenvalue weighted by atomic mass is 10.3. The fourth-order valence-electron chi connectivity index (χ4n) is 1.49. The summed E-state index contributed by atoms with van der Waals surface area (Å²) >= 11 is 3.13. The first-order chi connectivity index (χ1) is 7.74. The van der Waals surface area contributed by atoms with Gasteiger partial charge in [0.2, 0.25) is 5.95 Å². The molecule has 0 radical (unpaired) electrons. The van der Waals surface area contributed by atoms with E-state index in [1.54, 1.807) is 29.2 Å². The summed E-state index contributed by atoms with van der Waals surface area (Å²) in [7, 11) is 0. The van der Waals surface area contributed by atoms with Crippen molar-refractivity contribution < 1.29 is 4.39 Å². The first-order valence-electron chi connectivity index (χ1n) is 4.59. The van der Waals surface area contributed by atoms with Crippen molar-refractivity contribution in [3.05, 3.63) is 40.9 Å². The number of hydrogen-bond donors (Lipinski definition) is 1. The molecule has 0 bridgehead atoms. The van der Waals surface area contributed by atoms with Crippen molar-refractivity contribution in [3.8, 4) is 5.95 Å². The van der Waals surface area contributed by atoms with Crippen molar-refractivity contribution in [2.24, 2.45) is 0 Å². The van der Waals surface area contributed by atoms with Gasteiger partial charge in [-0.2, -0.15) is 5.10 Å². The first-order valence-corrected chi connectivity index (χ1v) is 5.38. The summed E-state index contributed by atoms with van der Waals surface area (Å²) in [6, 6.07) is 4.83. The lowest BCUT2D eigenvalue weighted by molar-refractivity contribution is 0.623. The second-order valence-electron chi connectivity index (χ2n) is 3.29. The second kappa shape index (κ2) is 3.41. The molecule has 1 aromatic carbocycles. The molecule has 0 aliphatic rings. The van der Waals surface area contributed by atoms with E-state index in [0.717, 1.165) is 5.52 Å². The summed E-state index contributed by atoms with van der Waals surface area (Å²) in [5.41, 5.74) is 1.34. The van der Waals surface area contributed by atoms with Crippen molar-refractivity contribution in [3.63, 3.8) is 0 Å². The molecule has 0 aliphatic heterocycles. The Bertz CT molecular complexity index is 605. The summed E-state index contributed by atoms with van der Waals surface area (Å²) in [5.74, 6) is 0.239. The van der Waals surface area contributed by atoms with Crippen LogP contribution < -0.4 is 0 Å². The molecule has 0 saturated heterocycles. The molecule has 0 atom stereocenters. The summed E-state index contributed by atoms with van der Waals surface area (Å²) in [6.45, 7) is 0. The molecule has 0 spiro atoms. The third-order valence-corrected chi connectivity index (χ3v) is 2.84. The maximum atomic E-state index is 13.3. The van der Waals surface area contributed by atoms with Crippen molar-refractivity contribution in [1.29, 1.82) is 0 Å². The molecule has 6 heteroatoms. The van der Waals surface area contributed by atoms with Crippen LogP contribution in [0.4, 0.5) is 4.39 Å². The Kier molecular flexibility index (Phi) is 2.03. The predicted molar refractivity (Wildman–Crippen MR) is 60.9 cm³/mol. The van der Waals surface area contributed by atoms with Crippen LogP contribution >= 0.6 is 15.9 Å². The standard InChI is InChI=1S/C10H6BrFN4/c11-6-4-8-9(5-7(6)12)15-10(14-8)16-3-1-2-13-16/h1-5H,(H,14,15). The topological polar surface area (TPSA) is 46.5 Å². The van der Waals surface area contributed by atoms with Gasteiger partial charge in [0.15, 0.2) is 0 Å². The Morgan fingerprint density at radius 1 is 1.38 bits per heavy atom. The Labute approximate surface area is 98.2 Å². The van der Waals surface area contributed by atoms with E-state index >= 15 is 0 Å². The maximum absolute atomic E-state index is 13.3. The van der Waals surface area contributed by atoms with Crippen LogP contribution in [0.15, 0.2) is 35.1 Å². The largest absolute Gasteiger partial charge is 0.322 e. The number of imidazole rings is 1. The highest BCUT2D eigenvalue weighted by Crippen LogP contribution is 2.22. The van der Waals surface area contributed by atoms with Crippen molar-refractivity contribution in [2.75, 3.05) is 0 Å². The number of rotatable bonds is 1. The predicted octanol–water partition coefficient (Wildman–Crippen LogP) is 2.65. The van der Waals surface area contributed by atoms with E-state index in [0.29, 0.717) is 15.9 Å². The Morgan fingerprint density at radius 2 is 2.25 bits per heavy atom. The fourth-order valence-corrected chi connectivity index (χ4v) is 1.84. The van der Waals surface area contributed by atoms with Gasteiger partial charge in [-0.25, -0.2) is 14.1 Å². The summed E-state index contributed by atoms with van der Waals surface area (Å²) in [4.78, 5) is 7.30. The minimum atomic E-state index is -0.328. The lowest BCUT2D eigenvalue weighted by Gasteiger charge is -1.92. The number of halogens is 2. The molecule has 1 N–H and O–H groups in total. The van der Waals surface area contributed by atoms with Crippen LogP contribution in [0, 0.1) is 5.82 Å². The van der Waals surface area contributed by atoms with E-state index in [9.17, 15) is 4.39 Å². The first kappa shape index (κ1) is 9.53. The van der Waals surface area contributed by atoms with Gasteiger partial charge in [-0.3, -0.25) is 0 Å². The minimum Gasteiger partial charge on any atom is -0.322 e. The quantitative estimate of drug-likeness (QED) is 0.745. The van der Waals surface area contributed by atoms with E-state index in [1.807, 2.05) is 0 Å². The van der Waals surface area contributed by atoms with Crippen molar-refractivity contribution in [2.45, 2.75) is 0 Å². The normalized spacial score (nSPS) is 11.1. The van der Waals surface area contributed by atoms with Crippen LogP contribution in [-0.4, -0.2) is 19.7 Å². The number of H-pyrrole nitrogens is 1. The number of hydrogen-bond acceptors (Lipinski definition) is 2. The minimum absolute atomic E-state index is 0.328. The average Bonchev–Trinajstić information content (AvgIpc) is 2.86. The van der Waals surface area contributed by atoms with Gasteiger partial charge in [-0.05, 0) is 28.1 Å². The van der Waals surface area contributed by atoms with E-state index < -0.39 is 0 Å². The summed E-state index contributed by atoms with van der Waals surface area (Å²) < 4.78 is 15.3. The average molecular weight is 281 g/mol. The van der Waals surface area contributed by atoms with Gasteiger partial charge in [0, 0.05) is 18.5 Å². The molecule has 3 rings (SSSR count). The van der Waals surface area contributed by atoms with E-state index in [-0.39, 0.29) is 5.82 Å². The highest BCUT2D eigenvalue weighted by molar-refractivity contribution is 9.10. The van der Waals surface area contributed by atoms with Crippen LogP contribution in [0.2, 0.25) is 0 Å². The molecule has 3 aromatic rings. The highest BCUT2D eigenvalue weighted by Gasteiger charge is 2.08. The number of nitrogens with zero attached hydrogens (tertiary/aromatic N) is 3. The second-order valence-corrected chi connectivity index (χ2v) is 4.15. The Hall–Kier alpha value is -1.69. The molecule has 16 heavy (non-hydrogen) atoms. The zero-order valence-corrected chi connectivity index (χ0v) is 9.57. The van der Waals surface area contributed by atoms with E-state index in [1.165, 1.54) is 6.07 Å². The molecule has 80 valence electrons. The number of fused-ring (bicyclic) bond motifs is 1. The molecular weight excluding hydrogens is 275 g/mol. The van der Waals surface area contributed by atoms with Crippen LogP contribution in [0.25, 0.3) is 17.0 Å². The van der Waals surface area contributed by atoms with Crippen molar-refractivity contribution >= 4 is 27.0 Å². The van der Waals surface area contributed by atoms with Gasteiger partial charge in [0.1, 0.15) is 5.82 Å². The summed E-state index contributed by atoms with van der Waals surface area (Å²) in [6.07, 6.45) is 3.42. The van der Waals surface area contributed by atoms with Gasteiger partial charge in [-0.15, -0.1) is 0 Å². The maximum Gasteiger partial charge on any atom is 0.229 e. The van der Waals surface area contributed by atoms with Crippen LogP contribution in [0.5, 0.6) is 0 Å². The fraction of sp³-hybridized carbons (Fsp3) is 0. The van der Waals surface area contributed by atoms with E-state index in [2.05, 4.69) is 31.0 Å². The van der Waals surface area contributed by atoms with Crippen LogP contribution in [0.1, 0.15) is 0 Å². The number of nitrogens with one attached hydrogen (secondary N) is 1. The smallest absolute Gasteiger partial charge is 0.229 e. The van der Waals surface area contributed by atoms with Crippen LogP contribution in [0.3, 0.4) is 0 Å². The zero-order valence-electron chi connectivity index (χ0n) is 7.98. The van der Waals surface area contributed by atoms with Crippen LogP contribution in [-0.2, 0) is 0 Å². The molecule has 0 fully saturated rings. The highest BCUT2D eigenvalue weighted by atomic mass is 79.9. The molecule has 4 nitrogen and oxygen atoms in total. The SMILES string of the molecule is Fc1cc2nc(-n3cccn3)[nH]c2cc1Br. The molecular formula is C10H6BrFN4. The zero-order chi connectivity index (χ0) is 11.1. The monoisotopic (exact) mass is 280 g/mol. The van der Waals surface area contributed by atoms with Crippen molar-refractivity contribution in [1.82, 2.24) is 19.7 Å². The number of benzene rings is 1. The van der Waals surface area contributed by atoms with Gasteiger partial charge >= 0.3 is 0 Å².